The number of aliphatic imine (C=N–C) groups is 1. The molecule has 0 aliphatic carbocycles. The number of aromatic nitrogens is 2. The first-order chi connectivity index (χ1) is 13.9. The Morgan fingerprint density at radius 2 is 1.87 bits per heavy atom. The van der Waals surface area contributed by atoms with Crippen LogP contribution in [0.3, 0.4) is 0 Å². The van der Waals surface area contributed by atoms with Crippen molar-refractivity contribution in [2.75, 3.05) is 13.1 Å². The highest BCUT2D eigenvalue weighted by molar-refractivity contribution is 14.0. The van der Waals surface area contributed by atoms with Crippen LogP contribution in [0.15, 0.2) is 47.7 Å². The van der Waals surface area contributed by atoms with Gasteiger partial charge in [0.2, 0.25) is 10.0 Å². The third kappa shape index (κ3) is 10.4. The van der Waals surface area contributed by atoms with Crippen molar-refractivity contribution in [3.05, 3.63) is 53.9 Å². The van der Waals surface area contributed by atoms with Crippen LogP contribution < -0.4 is 15.4 Å². The van der Waals surface area contributed by atoms with Gasteiger partial charge in [0, 0.05) is 38.1 Å². The normalized spacial score (nSPS) is 11.9. The smallest absolute Gasteiger partial charge is 0.216 e. The molecule has 0 unspecified atom stereocenters. The number of halogens is 1. The molecule has 0 amide bonds. The molecule has 0 spiro atoms. The number of aryl methyl sites for hydroxylation is 1. The van der Waals surface area contributed by atoms with Gasteiger partial charge >= 0.3 is 0 Å². The van der Waals surface area contributed by atoms with E-state index in [1.165, 1.54) is 0 Å². The Morgan fingerprint density at radius 3 is 2.47 bits per heavy atom. The Balaban J connectivity index is 0.00000450. The third-order valence-corrected chi connectivity index (χ3v) is 5.52. The standard InChI is InChI=1S/C20H32N6O2S.HI/c1-4-21-20(22-11-5-13-26-14-6-12-24-26)23-15-18-7-9-19(10-8-18)16-29(27,28)25-17(2)3;/h6-10,12,14,17,25H,4-5,11,13,15-16H2,1-3H3,(H2,21,22,23);1H. The second kappa shape index (κ2) is 13.6. The molecule has 8 nitrogen and oxygen atoms in total. The lowest BCUT2D eigenvalue weighted by atomic mass is 10.1. The van der Waals surface area contributed by atoms with E-state index in [2.05, 4.69) is 25.4 Å². The van der Waals surface area contributed by atoms with Crippen molar-refractivity contribution >= 4 is 40.0 Å². The van der Waals surface area contributed by atoms with E-state index in [0.717, 1.165) is 43.1 Å². The van der Waals surface area contributed by atoms with Gasteiger partial charge in [0.1, 0.15) is 0 Å². The number of hydrogen-bond donors (Lipinski definition) is 3. The molecule has 2 rings (SSSR count). The van der Waals surface area contributed by atoms with Crippen molar-refractivity contribution < 1.29 is 8.42 Å². The lowest BCUT2D eigenvalue weighted by Gasteiger charge is -2.12. The molecule has 0 bridgehead atoms. The van der Waals surface area contributed by atoms with Gasteiger partial charge in [-0.25, -0.2) is 18.1 Å². The van der Waals surface area contributed by atoms with Crippen molar-refractivity contribution in [2.45, 2.75) is 52.1 Å². The van der Waals surface area contributed by atoms with E-state index in [1.54, 1.807) is 6.20 Å². The molecule has 3 N–H and O–H groups in total. The van der Waals surface area contributed by atoms with Crippen LogP contribution in [-0.2, 0) is 28.9 Å². The van der Waals surface area contributed by atoms with Gasteiger partial charge in [-0.3, -0.25) is 4.68 Å². The van der Waals surface area contributed by atoms with Gasteiger partial charge in [-0.1, -0.05) is 24.3 Å². The molecule has 0 radical (unpaired) electrons. The molecule has 0 aliphatic heterocycles. The maximum atomic E-state index is 12.0. The summed E-state index contributed by atoms with van der Waals surface area (Å²) in [5.74, 6) is 0.746. The molecule has 1 aromatic heterocycles. The minimum atomic E-state index is -3.31. The van der Waals surface area contributed by atoms with Crippen molar-refractivity contribution in [2.24, 2.45) is 4.99 Å². The summed E-state index contributed by atoms with van der Waals surface area (Å²) in [4.78, 5) is 4.60. The second-order valence-electron chi connectivity index (χ2n) is 7.09. The number of nitrogens with zero attached hydrogens (tertiary/aromatic N) is 3. The predicted molar refractivity (Wildman–Crippen MR) is 132 cm³/mol. The van der Waals surface area contributed by atoms with E-state index in [4.69, 9.17) is 0 Å². The van der Waals surface area contributed by atoms with Gasteiger partial charge in [-0.15, -0.1) is 24.0 Å². The summed E-state index contributed by atoms with van der Waals surface area (Å²) in [7, 11) is -3.31. The molecule has 1 heterocycles. The monoisotopic (exact) mass is 548 g/mol. The summed E-state index contributed by atoms with van der Waals surface area (Å²) in [6.45, 7) is 8.61. The van der Waals surface area contributed by atoms with Crippen LogP contribution in [-0.4, -0.2) is 43.3 Å². The van der Waals surface area contributed by atoms with Gasteiger partial charge in [0.25, 0.3) is 0 Å². The van der Waals surface area contributed by atoms with Crippen LogP contribution in [0.2, 0.25) is 0 Å². The first-order valence-corrected chi connectivity index (χ1v) is 11.6. The Bertz CT molecular complexity index is 852. The second-order valence-corrected chi connectivity index (χ2v) is 8.85. The lowest BCUT2D eigenvalue weighted by Crippen LogP contribution is -2.38. The highest BCUT2D eigenvalue weighted by Crippen LogP contribution is 2.09. The van der Waals surface area contributed by atoms with Crippen molar-refractivity contribution in [3.8, 4) is 0 Å². The first kappa shape index (κ1) is 26.4. The fourth-order valence-electron chi connectivity index (χ4n) is 2.75. The Hall–Kier alpha value is -1.66. The zero-order valence-electron chi connectivity index (χ0n) is 17.8. The molecule has 0 aliphatic rings. The van der Waals surface area contributed by atoms with Crippen molar-refractivity contribution in [1.82, 2.24) is 25.1 Å². The summed E-state index contributed by atoms with van der Waals surface area (Å²) in [5, 5.41) is 10.7. The van der Waals surface area contributed by atoms with E-state index in [-0.39, 0.29) is 35.8 Å². The Labute approximate surface area is 197 Å². The fourth-order valence-corrected chi connectivity index (χ4v) is 4.19. The highest BCUT2D eigenvalue weighted by Gasteiger charge is 2.12. The van der Waals surface area contributed by atoms with Crippen LogP contribution in [0.4, 0.5) is 0 Å². The predicted octanol–water partition coefficient (Wildman–Crippen LogP) is 2.47. The number of sulfonamides is 1. The van der Waals surface area contributed by atoms with Crippen LogP contribution in [0.5, 0.6) is 0 Å². The molecule has 168 valence electrons. The SMILES string of the molecule is CCNC(=NCc1ccc(CS(=O)(=O)NC(C)C)cc1)NCCCn1cccn1.I. The van der Waals surface area contributed by atoms with E-state index in [9.17, 15) is 8.42 Å². The number of hydrogen-bond acceptors (Lipinski definition) is 4. The van der Waals surface area contributed by atoms with Gasteiger partial charge < -0.3 is 10.6 Å². The molecule has 10 heteroatoms. The summed E-state index contributed by atoms with van der Waals surface area (Å²) in [6, 6.07) is 9.34. The summed E-state index contributed by atoms with van der Waals surface area (Å²) in [6.07, 6.45) is 4.67. The van der Waals surface area contributed by atoms with Crippen LogP contribution >= 0.6 is 24.0 Å². The molecule has 0 saturated heterocycles. The molecular formula is C20H33IN6O2S. The number of benzene rings is 1. The van der Waals surface area contributed by atoms with Gasteiger partial charge in [0.15, 0.2) is 5.96 Å². The van der Waals surface area contributed by atoms with Gasteiger partial charge in [-0.2, -0.15) is 5.10 Å². The maximum absolute atomic E-state index is 12.0. The molecule has 1 aromatic carbocycles. The van der Waals surface area contributed by atoms with Crippen LogP contribution in [0.1, 0.15) is 38.3 Å². The van der Waals surface area contributed by atoms with Gasteiger partial charge in [0.05, 0.1) is 12.3 Å². The summed E-state index contributed by atoms with van der Waals surface area (Å²) < 4.78 is 28.6. The average Bonchev–Trinajstić information content (AvgIpc) is 3.16. The fraction of sp³-hybridized carbons (Fsp3) is 0.500. The van der Waals surface area contributed by atoms with E-state index < -0.39 is 10.0 Å². The average molecular weight is 548 g/mol. The minimum Gasteiger partial charge on any atom is -0.357 e. The molecule has 30 heavy (non-hydrogen) atoms. The highest BCUT2D eigenvalue weighted by atomic mass is 127. The number of rotatable bonds is 11. The van der Waals surface area contributed by atoms with Crippen molar-refractivity contribution in [3.63, 3.8) is 0 Å². The van der Waals surface area contributed by atoms with Crippen LogP contribution in [0.25, 0.3) is 0 Å². The number of nitrogens with one attached hydrogen (secondary N) is 3. The molecule has 0 atom stereocenters. The largest absolute Gasteiger partial charge is 0.357 e. The summed E-state index contributed by atoms with van der Waals surface area (Å²) in [5.41, 5.74) is 1.78. The number of guanidine groups is 1. The zero-order valence-corrected chi connectivity index (χ0v) is 21.0. The quantitative estimate of drug-likeness (QED) is 0.174. The molecule has 0 fully saturated rings. The Kier molecular flexibility index (Phi) is 12.0. The van der Waals surface area contributed by atoms with E-state index in [1.807, 2.05) is 62.0 Å². The summed E-state index contributed by atoms with van der Waals surface area (Å²) >= 11 is 0. The van der Waals surface area contributed by atoms with Gasteiger partial charge in [-0.05, 0) is 44.4 Å². The maximum Gasteiger partial charge on any atom is 0.216 e. The third-order valence-electron chi connectivity index (χ3n) is 3.97. The van der Waals surface area contributed by atoms with Crippen LogP contribution in [0, 0.1) is 0 Å². The topological polar surface area (TPSA) is 100 Å². The minimum absolute atomic E-state index is 0. The van der Waals surface area contributed by atoms with E-state index in [0.29, 0.717) is 6.54 Å². The van der Waals surface area contributed by atoms with E-state index >= 15 is 0 Å². The first-order valence-electron chi connectivity index (χ1n) is 9.95. The Morgan fingerprint density at radius 1 is 1.17 bits per heavy atom. The zero-order chi connectivity index (χ0) is 21.1. The molecule has 0 saturated carbocycles. The van der Waals surface area contributed by atoms with Crippen molar-refractivity contribution in [1.29, 1.82) is 0 Å². The molecular weight excluding hydrogens is 515 g/mol. The molecule has 2 aromatic rings. The lowest BCUT2D eigenvalue weighted by molar-refractivity contribution is 0.569.